The third-order valence-corrected chi connectivity index (χ3v) is 2.24. The van der Waals surface area contributed by atoms with Gasteiger partial charge in [-0.2, -0.15) is 0 Å². The number of hydrogen-bond acceptors (Lipinski definition) is 3. The summed E-state index contributed by atoms with van der Waals surface area (Å²) in [6.45, 7) is 3.43. The van der Waals surface area contributed by atoms with Crippen LogP contribution in [0.5, 0.6) is 0 Å². The molecule has 2 heterocycles. The summed E-state index contributed by atoms with van der Waals surface area (Å²) in [5.74, 6) is 0. The first-order chi connectivity index (χ1) is 6.61. The minimum atomic E-state index is -0.193. The standard InChI is InChI=1S/C9H9N3O2/c1-5-3-7-8(6(2)12(5)14)10-4-11-9(7)13/h3-4H,1-2H3,(H-,10,11,13,14)/p+1. The Morgan fingerprint density at radius 2 is 2.21 bits per heavy atom. The fraction of sp³-hybridized carbons (Fsp3) is 0.222. The fourth-order valence-corrected chi connectivity index (χ4v) is 1.47. The van der Waals surface area contributed by atoms with Crippen molar-refractivity contribution in [3.63, 3.8) is 0 Å². The fourth-order valence-electron chi connectivity index (χ4n) is 1.47. The lowest BCUT2D eigenvalue weighted by Crippen LogP contribution is -2.38. The van der Waals surface area contributed by atoms with E-state index in [-0.39, 0.29) is 5.56 Å². The van der Waals surface area contributed by atoms with Gasteiger partial charge in [-0.3, -0.25) is 10.0 Å². The van der Waals surface area contributed by atoms with Gasteiger partial charge in [-0.1, -0.05) is 0 Å². The highest BCUT2D eigenvalue weighted by Gasteiger charge is 2.16. The largest absolute Gasteiger partial charge is 0.313 e. The highest BCUT2D eigenvalue weighted by atomic mass is 16.5. The van der Waals surface area contributed by atoms with E-state index < -0.39 is 0 Å². The molecule has 0 bridgehead atoms. The second-order valence-corrected chi connectivity index (χ2v) is 3.18. The molecule has 0 fully saturated rings. The number of nitrogens with zero attached hydrogens (tertiary/aromatic N) is 2. The van der Waals surface area contributed by atoms with Gasteiger partial charge >= 0.3 is 0 Å². The van der Waals surface area contributed by atoms with Crippen molar-refractivity contribution < 1.29 is 9.94 Å². The minimum absolute atomic E-state index is 0.193. The lowest BCUT2D eigenvalue weighted by molar-refractivity contribution is -0.911. The van der Waals surface area contributed by atoms with Crippen LogP contribution in [0.25, 0.3) is 10.9 Å². The smallest absolute Gasteiger partial charge is 0.259 e. The van der Waals surface area contributed by atoms with Gasteiger partial charge in [-0.25, -0.2) is 4.98 Å². The van der Waals surface area contributed by atoms with Crippen molar-refractivity contribution >= 4 is 10.9 Å². The van der Waals surface area contributed by atoms with E-state index in [9.17, 15) is 10.0 Å². The first-order valence-corrected chi connectivity index (χ1v) is 4.20. The zero-order valence-electron chi connectivity index (χ0n) is 7.90. The van der Waals surface area contributed by atoms with Crippen molar-refractivity contribution in [3.05, 3.63) is 34.1 Å². The summed E-state index contributed by atoms with van der Waals surface area (Å²) in [5.41, 5.74) is 1.49. The molecule has 0 saturated carbocycles. The Balaban J connectivity index is 3.06. The van der Waals surface area contributed by atoms with Gasteiger partial charge in [0.1, 0.15) is 5.52 Å². The zero-order chi connectivity index (χ0) is 10.3. The number of fused-ring (bicyclic) bond motifs is 1. The van der Waals surface area contributed by atoms with Crippen molar-refractivity contribution in [1.29, 1.82) is 0 Å². The quantitative estimate of drug-likeness (QED) is 0.458. The molecule has 5 heteroatoms. The molecular weight excluding hydrogens is 182 g/mol. The molecule has 72 valence electrons. The molecule has 0 aliphatic heterocycles. The van der Waals surface area contributed by atoms with E-state index in [2.05, 4.69) is 9.97 Å². The number of rotatable bonds is 0. The molecule has 5 nitrogen and oxygen atoms in total. The molecule has 2 aromatic heterocycles. The molecule has 0 aliphatic carbocycles. The lowest BCUT2D eigenvalue weighted by atomic mass is 10.2. The van der Waals surface area contributed by atoms with Gasteiger partial charge in [0, 0.05) is 24.6 Å². The van der Waals surface area contributed by atoms with E-state index in [1.807, 2.05) is 0 Å². The Bertz CT molecular complexity index is 560. The lowest BCUT2D eigenvalue weighted by Gasteiger charge is -1.98. The molecule has 0 atom stereocenters. The van der Waals surface area contributed by atoms with Crippen LogP contribution in [0.3, 0.4) is 0 Å². The molecule has 0 aromatic carbocycles. The van der Waals surface area contributed by atoms with Crippen LogP contribution in [-0.2, 0) is 0 Å². The molecule has 2 N–H and O–H groups in total. The molecule has 2 aromatic rings. The number of nitrogens with one attached hydrogen (secondary N) is 1. The summed E-state index contributed by atoms with van der Waals surface area (Å²) in [6.07, 6.45) is 1.33. The third-order valence-electron chi connectivity index (χ3n) is 2.24. The van der Waals surface area contributed by atoms with Crippen LogP contribution < -0.4 is 10.3 Å². The molecule has 0 radical (unpaired) electrons. The first kappa shape index (κ1) is 8.68. The van der Waals surface area contributed by atoms with E-state index in [1.165, 1.54) is 6.33 Å². The van der Waals surface area contributed by atoms with Crippen LogP contribution in [-0.4, -0.2) is 15.2 Å². The minimum Gasteiger partial charge on any atom is -0.313 e. The third kappa shape index (κ3) is 1.06. The topological polar surface area (TPSA) is 69.9 Å². The summed E-state index contributed by atoms with van der Waals surface area (Å²) in [4.78, 5) is 17.9. The Hall–Kier alpha value is -1.91. The normalized spacial score (nSPS) is 10.7. The number of aryl methyl sites for hydroxylation is 2. The van der Waals surface area contributed by atoms with E-state index in [0.29, 0.717) is 22.3 Å². The first-order valence-electron chi connectivity index (χ1n) is 4.20. The van der Waals surface area contributed by atoms with Crippen molar-refractivity contribution in [2.45, 2.75) is 13.8 Å². The van der Waals surface area contributed by atoms with Crippen LogP contribution in [0.2, 0.25) is 0 Å². The van der Waals surface area contributed by atoms with Gasteiger partial charge in [-0.15, -0.1) is 0 Å². The summed E-state index contributed by atoms with van der Waals surface area (Å²) in [5, 5.41) is 10.1. The molecule has 2 rings (SSSR count). The number of H-pyrrole nitrogens is 1. The Labute approximate surface area is 79.6 Å². The highest BCUT2D eigenvalue weighted by Crippen LogP contribution is 2.08. The predicted molar refractivity (Wildman–Crippen MR) is 49.2 cm³/mol. The van der Waals surface area contributed by atoms with Gasteiger partial charge in [0.05, 0.1) is 11.7 Å². The van der Waals surface area contributed by atoms with Crippen molar-refractivity contribution in [3.8, 4) is 0 Å². The Kier molecular flexibility index (Phi) is 1.73. The number of aromatic nitrogens is 3. The van der Waals surface area contributed by atoms with Crippen molar-refractivity contribution in [1.82, 2.24) is 9.97 Å². The molecule has 0 saturated heterocycles. The number of aromatic amines is 1. The van der Waals surface area contributed by atoms with Gasteiger partial charge in [0.15, 0.2) is 0 Å². The van der Waals surface area contributed by atoms with Crippen LogP contribution in [0.4, 0.5) is 0 Å². The molecule has 0 unspecified atom stereocenters. The monoisotopic (exact) mass is 192 g/mol. The average Bonchev–Trinajstić information content (AvgIpc) is 2.17. The summed E-state index contributed by atoms with van der Waals surface area (Å²) in [6, 6.07) is 1.61. The molecule has 0 aliphatic rings. The second-order valence-electron chi connectivity index (χ2n) is 3.18. The number of pyridine rings is 1. The highest BCUT2D eigenvalue weighted by molar-refractivity contribution is 5.78. The van der Waals surface area contributed by atoms with Crippen LogP contribution in [0.15, 0.2) is 17.2 Å². The van der Waals surface area contributed by atoms with Crippen LogP contribution in [0.1, 0.15) is 11.4 Å². The second kappa shape index (κ2) is 2.80. The van der Waals surface area contributed by atoms with Crippen LogP contribution in [0, 0.1) is 13.8 Å². The summed E-state index contributed by atoms with van der Waals surface area (Å²) < 4.78 is 1.02. The molecule has 0 spiro atoms. The zero-order valence-corrected chi connectivity index (χ0v) is 7.90. The molecule has 0 amide bonds. The molecule has 14 heavy (non-hydrogen) atoms. The Morgan fingerprint density at radius 1 is 1.50 bits per heavy atom. The van der Waals surface area contributed by atoms with Crippen molar-refractivity contribution in [2.75, 3.05) is 0 Å². The van der Waals surface area contributed by atoms with Crippen molar-refractivity contribution in [2.24, 2.45) is 0 Å². The molecular formula is C9H10N3O2+. The van der Waals surface area contributed by atoms with Gasteiger partial charge in [0.25, 0.3) is 11.3 Å². The average molecular weight is 192 g/mol. The van der Waals surface area contributed by atoms with Gasteiger partial charge < -0.3 is 4.98 Å². The van der Waals surface area contributed by atoms with E-state index >= 15 is 0 Å². The van der Waals surface area contributed by atoms with E-state index in [0.717, 1.165) is 4.73 Å². The maximum absolute atomic E-state index is 11.4. The van der Waals surface area contributed by atoms with Gasteiger partial charge in [0.2, 0.25) is 5.69 Å². The van der Waals surface area contributed by atoms with Crippen LogP contribution >= 0.6 is 0 Å². The van der Waals surface area contributed by atoms with E-state index in [1.54, 1.807) is 19.9 Å². The summed E-state index contributed by atoms with van der Waals surface area (Å²) >= 11 is 0. The van der Waals surface area contributed by atoms with E-state index in [4.69, 9.17) is 0 Å². The van der Waals surface area contributed by atoms with Gasteiger partial charge in [-0.05, 0) is 0 Å². The number of hydrogen-bond donors (Lipinski definition) is 2. The Morgan fingerprint density at radius 3 is 2.93 bits per heavy atom. The predicted octanol–water partition coefficient (Wildman–Crippen LogP) is 0.0647. The maximum Gasteiger partial charge on any atom is 0.259 e. The SMILES string of the molecule is Cc1cc2c(=O)[nH]cnc2c(C)[n+]1O. The maximum atomic E-state index is 11.4. The summed E-state index contributed by atoms with van der Waals surface area (Å²) in [7, 11) is 0.